The molecule has 0 bridgehead atoms. The first-order valence-corrected chi connectivity index (χ1v) is 5.97. The van der Waals surface area contributed by atoms with Gasteiger partial charge in [-0.15, -0.1) is 0 Å². The summed E-state index contributed by atoms with van der Waals surface area (Å²) >= 11 is 0. The lowest BCUT2D eigenvalue weighted by atomic mass is 10.2. The van der Waals surface area contributed by atoms with E-state index in [4.69, 9.17) is 5.73 Å². The molecular weight excluding hydrogens is 258 g/mol. The molecule has 0 aliphatic heterocycles. The lowest BCUT2D eigenvalue weighted by Gasteiger charge is -2.07. The monoisotopic (exact) mass is 273 g/mol. The van der Waals surface area contributed by atoms with E-state index in [1.54, 1.807) is 38.1 Å². The lowest BCUT2D eigenvalue weighted by Crippen LogP contribution is -2.19. The maximum absolute atomic E-state index is 12.1. The van der Waals surface area contributed by atoms with Gasteiger partial charge in [-0.2, -0.15) is 5.10 Å². The largest absolute Gasteiger partial charge is 0.351 e. The van der Waals surface area contributed by atoms with Crippen molar-refractivity contribution in [1.29, 1.82) is 0 Å². The number of nitrogens with one attached hydrogen (secondary N) is 3. The van der Waals surface area contributed by atoms with Crippen molar-refractivity contribution >= 4 is 23.3 Å². The van der Waals surface area contributed by atoms with Gasteiger partial charge in [0.15, 0.2) is 0 Å². The third kappa shape index (κ3) is 2.94. The molecule has 2 aromatic rings. The molecular formula is C13H15N5O2. The van der Waals surface area contributed by atoms with E-state index in [2.05, 4.69) is 20.8 Å². The number of nitrogens with two attached hydrogens (primary N) is 1. The fourth-order valence-corrected chi connectivity index (χ4v) is 1.86. The fraction of sp³-hybridized carbons (Fsp3) is 0.154. The number of nitrogens with zero attached hydrogens (tertiary/aromatic N) is 1. The minimum Gasteiger partial charge on any atom is -0.351 e. The van der Waals surface area contributed by atoms with Gasteiger partial charge in [0.25, 0.3) is 5.91 Å². The number of primary amides is 1. The molecule has 0 saturated heterocycles. The van der Waals surface area contributed by atoms with Gasteiger partial charge in [0.2, 0.25) is 0 Å². The Bertz CT molecular complexity index is 626. The number of H-pyrrole nitrogens is 1. The van der Waals surface area contributed by atoms with Crippen molar-refractivity contribution in [2.24, 2.45) is 5.73 Å². The van der Waals surface area contributed by atoms with Gasteiger partial charge in [-0.3, -0.25) is 9.89 Å². The number of hydrogen-bond donors (Lipinski definition) is 4. The van der Waals surface area contributed by atoms with Crippen LogP contribution in [0, 0.1) is 13.8 Å². The zero-order valence-corrected chi connectivity index (χ0v) is 11.2. The summed E-state index contributed by atoms with van der Waals surface area (Å²) in [6.45, 7) is 3.55. The Hall–Kier alpha value is -2.83. The van der Waals surface area contributed by atoms with Crippen LogP contribution in [0.2, 0.25) is 0 Å². The Morgan fingerprint density at radius 2 is 1.65 bits per heavy atom. The van der Waals surface area contributed by atoms with Crippen LogP contribution in [0.15, 0.2) is 24.3 Å². The number of aromatic nitrogens is 2. The van der Waals surface area contributed by atoms with Crippen LogP contribution in [-0.4, -0.2) is 22.1 Å². The SMILES string of the molecule is Cc1n[nH]c(C)c1C(=O)Nc1ccc(NC(N)=O)cc1. The van der Waals surface area contributed by atoms with E-state index in [-0.39, 0.29) is 5.91 Å². The van der Waals surface area contributed by atoms with Gasteiger partial charge in [0.05, 0.1) is 11.3 Å². The smallest absolute Gasteiger partial charge is 0.316 e. The molecule has 0 aliphatic rings. The van der Waals surface area contributed by atoms with Crippen LogP contribution < -0.4 is 16.4 Å². The van der Waals surface area contributed by atoms with Crippen molar-refractivity contribution in [2.45, 2.75) is 13.8 Å². The molecule has 1 aromatic carbocycles. The normalized spacial score (nSPS) is 10.1. The van der Waals surface area contributed by atoms with Crippen LogP contribution in [0.25, 0.3) is 0 Å². The highest BCUT2D eigenvalue weighted by atomic mass is 16.2. The van der Waals surface area contributed by atoms with E-state index in [1.165, 1.54) is 0 Å². The summed E-state index contributed by atoms with van der Waals surface area (Å²) < 4.78 is 0. The van der Waals surface area contributed by atoms with Crippen LogP contribution in [0.1, 0.15) is 21.7 Å². The number of urea groups is 1. The Labute approximate surface area is 115 Å². The first-order valence-electron chi connectivity index (χ1n) is 5.97. The summed E-state index contributed by atoms with van der Waals surface area (Å²) in [5, 5.41) is 11.9. The Morgan fingerprint density at radius 3 is 2.10 bits per heavy atom. The number of anilines is 2. The summed E-state index contributed by atoms with van der Waals surface area (Å²) in [5.74, 6) is -0.232. The number of amides is 3. The molecule has 0 saturated carbocycles. The second-order valence-corrected chi connectivity index (χ2v) is 4.33. The summed E-state index contributed by atoms with van der Waals surface area (Å²) in [5.41, 5.74) is 8.08. The maximum atomic E-state index is 12.1. The number of benzene rings is 1. The second kappa shape index (κ2) is 5.43. The molecule has 1 aromatic heterocycles. The highest BCUT2D eigenvalue weighted by Crippen LogP contribution is 2.16. The van der Waals surface area contributed by atoms with Gasteiger partial charge in [0.1, 0.15) is 0 Å². The molecule has 0 unspecified atom stereocenters. The van der Waals surface area contributed by atoms with Crippen LogP contribution in [-0.2, 0) is 0 Å². The van der Waals surface area contributed by atoms with Crippen molar-refractivity contribution in [3.63, 3.8) is 0 Å². The molecule has 0 atom stereocenters. The highest BCUT2D eigenvalue weighted by molar-refractivity contribution is 6.05. The maximum Gasteiger partial charge on any atom is 0.316 e. The highest BCUT2D eigenvalue weighted by Gasteiger charge is 2.15. The quantitative estimate of drug-likeness (QED) is 0.683. The molecule has 7 nitrogen and oxygen atoms in total. The number of aryl methyl sites for hydroxylation is 2. The lowest BCUT2D eigenvalue weighted by molar-refractivity contribution is 0.102. The number of carbonyl (C=O) groups excluding carboxylic acids is 2. The standard InChI is InChI=1S/C13H15N5O2/c1-7-11(8(2)18-17-7)12(19)15-9-3-5-10(6-4-9)16-13(14)20/h3-6H,1-2H3,(H,15,19)(H,17,18)(H3,14,16,20). The van der Waals surface area contributed by atoms with E-state index in [9.17, 15) is 9.59 Å². The molecule has 5 N–H and O–H groups in total. The number of carbonyl (C=O) groups is 2. The number of hydrogen-bond acceptors (Lipinski definition) is 3. The third-order valence-corrected chi connectivity index (χ3v) is 2.77. The van der Waals surface area contributed by atoms with E-state index >= 15 is 0 Å². The molecule has 0 fully saturated rings. The van der Waals surface area contributed by atoms with Crippen molar-refractivity contribution in [3.8, 4) is 0 Å². The van der Waals surface area contributed by atoms with Gasteiger partial charge in [-0.1, -0.05) is 0 Å². The zero-order valence-electron chi connectivity index (χ0n) is 11.2. The van der Waals surface area contributed by atoms with Crippen LogP contribution in [0.3, 0.4) is 0 Å². The van der Waals surface area contributed by atoms with E-state index in [0.29, 0.717) is 28.3 Å². The summed E-state index contributed by atoms with van der Waals surface area (Å²) in [6, 6.07) is 6.01. The molecule has 20 heavy (non-hydrogen) atoms. The average molecular weight is 273 g/mol. The summed E-state index contributed by atoms with van der Waals surface area (Å²) in [7, 11) is 0. The first-order chi connectivity index (χ1) is 9.47. The fourth-order valence-electron chi connectivity index (χ4n) is 1.86. The van der Waals surface area contributed by atoms with Gasteiger partial charge < -0.3 is 16.4 Å². The molecule has 3 amide bonds. The van der Waals surface area contributed by atoms with E-state index in [0.717, 1.165) is 0 Å². The summed E-state index contributed by atoms with van der Waals surface area (Å²) in [6.07, 6.45) is 0. The van der Waals surface area contributed by atoms with Gasteiger partial charge in [-0.05, 0) is 38.1 Å². The van der Waals surface area contributed by atoms with Crippen molar-refractivity contribution in [3.05, 3.63) is 41.2 Å². The first kappa shape index (κ1) is 13.6. The van der Waals surface area contributed by atoms with Gasteiger partial charge in [0, 0.05) is 17.1 Å². The second-order valence-electron chi connectivity index (χ2n) is 4.33. The number of aromatic amines is 1. The molecule has 0 aliphatic carbocycles. The molecule has 104 valence electrons. The van der Waals surface area contributed by atoms with Crippen molar-refractivity contribution in [2.75, 3.05) is 10.6 Å². The van der Waals surface area contributed by atoms with Gasteiger partial charge >= 0.3 is 6.03 Å². The van der Waals surface area contributed by atoms with Crippen LogP contribution in [0.5, 0.6) is 0 Å². The minimum atomic E-state index is -0.633. The van der Waals surface area contributed by atoms with Crippen molar-refractivity contribution < 1.29 is 9.59 Å². The molecule has 0 radical (unpaired) electrons. The number of rotatable bonds is 3. The van der Waals surface area contributed by atoms with Crippen molar-refractivity contribution in [1.82, 2.24) is 10.2 Å². The Kier molecular flexibility index (Phi) is 3.69. The van der Waals surface area contributed by atoms with Crippen LogP contribution >= 0.6 is 0 Å². The molecule has 7 heteroatoms. The Morgan fingerprint density at radius 1 is 1.10 bits per heavy atom. The predicted molar refractivity (Wildman–Crippen MR) is 75.7 cm³/mol. The Balaban J connectivity index is 2.10. The van der Waals surface area contributed by atoms with Crippen LogP contribution in [0.4, 0.5) is 16.2 Å². The molecule has 1 heterocycles. The van der Waals surface area contributed by atoms with E-state index in [1.807, 2.05) is 0 Å². The minimum absolute atomic E-state index is 0.232. The van der Waals surface area contributed by atoms with E-state index < -0.39 is 6.03 Å². The molecule has 0 spiro atoms. The summed E-state index contributed by atoms with van der Waals surface area (Å²) in [4.78, 5) is 22.8. The average Bonchev–Trinajstić information content (AvgIpc) is 2.71. The topological polar surface area (TPSA) is 113 Å². The predicted octanol–water partition coefficient (Wildman–Crippen LogP) is 1.77. The zero-order chi connectivity index (χ0) is 14.7. The molecule has 2 rings (SSSR count). The third-order valence-electron chi connectivity index (χ3n) is 2.77. The van der Waals surface area contributed by atoms with Gasteiger partial charge in [-0.25, -0.2) is 4.79 Å².